The van der Waals surface area contributed by atoms with Crippen LogP contribution < -0.4 is 10.6 Å². The largest absolute Gasteiger partial charge is 0.435 e. The highest BCUT2D eigenvalue weighted by Gasteiger charge is 2.36. The van der Waals surface area contributed by atoms with Gasteiger partial charge in [0.2, 0.25) is 0 Å². The summed E-state index contributed by atoms with van der Waals surface area (Å²) in [6.07, 6.45) is -2.35. The van der Waals surface area contributed by atoms with Crippen LogP contribution in [0.25, 0.3) is 0 Å². The minimum Gasteiger partial charge on any atom is -0.385 e. The molecule has 0 fully saturated rings. The van der Waals surface area contributed by atoms with E-state index in [0.29, 0.717) is 19.1 Å². The Labute approximate surface area is 121 Å². The van der Waals surface area contributed by atoms with E-state index in [1.807, 2.05) is 0 Å². The van der Waals surface area contributed by atoms with Crippen LogP contribution in [0.15, 0.2) is 11.2 Å². The quantitative estimate of drug-likeness (QED) is 0.470. The van der Waals surface area contributed by atoms with E-state index in [1.54, 1.807) is 14.2 Å². The number of rotatable bonds is 6. The number of hydrogen-bond donors (Lipinski definition) is 2. The number of ether oxygens (including phenoxy) is 1. The van der Waals surface area contributed by atoms with E-state index in [9.17, 15) is 13.2 Å². The molecule has 0 bridgehead atoms. The first kappa shape index (κ1) is 17.3. The second kappa shape index (κ2) is 7.87. The van der Waals surface area contributed by atoms with Gasteiger partial charge in [-0.25, -0.2) is 0 Å². The van der Waals surface area contributed by atoms with Crippen molar-refractivity contribution in [3.8, 4) is 0 Å². The Morgan fingerprint density at radius 2 is 2.14 bits per heavy atom. The molecule has 0 atom stereocenters. The van der Waals surface area contributed by atoms with Crippen LogP contribution in [-0.4, -0.2) is 43.0 Å². The van der Waals surface area contributed by atoms with Crippen molar-refractivity contribution in [1.29, 1.82) is 0 Å². The van der Waals surface area contributed by atoms with Crippen molar-refractivity contribution in [2.75, 3.05) is 27.3 Å². The molecule has 21 heavy (non-hydrogen) atoms. The summed E-state index contributed by atoms with van der Waals surface area (Å²) in [4.78, 5) is 3.94. The molecule has 1 heterocycles. The number of alkyl halides is 3. The van der Waals surface area contributed by atoms with Crippen molar-refractivity contribution in [2.45, 2.75) is 19.1 Å². The Morgan fingerprint density at radius 1 is 1.43 bits per heavy atom. The van der Waals surface area contributed by atoms with Gasteiger partial charge in [0, 0.05) is 52.7 Å². The number of halogens is 3. The van der Waals surface area contributed by atoms with Crippen molar-refractivity contribution in [3.63, 3.8) is 0 Å². The van der Waals surface area contributed by atoms with Gasteiger partial charge in [0.1, 0.15) is 0 Å². The van der Waals surface area contributed by atoms with Crippen LogP contribution >= 0.6 is 0 Å². The number of hydrogen-bond acceptors (Lipinski definition) is 3. The lowest BCUT2D eigenvalue weighted by Crippen LogP contribution is -2.37. The molecule has 2 N–H and O–H groups in total. The third-order valence-electron chi connectivity index (χ3n) is 2.66. The predicted molar refractivity (Wildman–Crippen MR) is 72.9 cm³/mol. The molecular weight excluding hydrogens is 287 g/mol. The van der Waals surface area contributed by atoms with Gasteiger partial charge < -0.3 is 15.4 Å². The number of nitrogens with one attached hydrogen (secondary N) is 2. The van der Waals surface area contributed by atoms with E-state index in [2.05, 4.69) is 20.7 Å². The Bertz CT molecular complexity index is 470. The van der Waals surface area contributed by atoms with Crippen LogP contribution in [0.5, 0.6) is 0 Å². The Balaban J connectivity index is 2.57. The zero-order valence-electron chi connectivity index (χ0n) is 12.3. The molecule has 0 saturated heterocycles. The van der Waals surface area contributed by atoms with Crippen molar-refractivity contribution < 1.29 is 17.9 Å². The van der Waals surface area contributed by atoms with Crippen LogP contribution in [0.3, 0.4) is 0 Å². The first-order chi connectivity index (χ1) is 9.88. The molecule has 0 unspecified atom stereocenters. The van der Waals surface area contributed by atoms with Gasteiger partial charge in [0.25, 0.3) is 0 Å². The maximum Gasteiger partial charge on any atom is 0.435 e. The fraction of sp³-hybridized carbons (Fsp3) is 0.667. The fourth-order valence-electron chi connectivity index (χ4n) is 1.73. The second-order valence-electron chi connectivity index (χ2n) is 4.37. The van der Waals surface area contributed by atoms with Crippen molar-refractivity contribution in [1.82, 2.24) is 20.4 Å². The monoisotopic (exact) mass is 307 g/mol. The van der Waals surface area contributed by atoms with Gasteiger partial charge >= 0.3 is 6.18 Å². The summed E-state index contributed by atoms with van der Waals surface area (Å²) >= 11 is 0. The van der Waals surface area contributed by atoms with Gasteiger partial charge in [0.15, 0.2) is 11.7 Å². The standard InChI is InChI=1S/C12H20F3N5O/c1-16-11(17-5-4-6-21-3)18-7-9-8-20(2)19-10(9)12(13,14)15/h8H,4-7H2,1-3H3,(H2,16,17,18). The molecule has 6 nitrogen and oxygen atoms in total. The Hall–Kier alpha value is -1.77. The molecule has 9 heteroatoms. The highest BCUT2D eigenvalue weighted by atomic mass is 19.4. The summed E-state index contributed by atoms with van der Waals surface area (Å²) < 4.78 is 44.4. The average molecular weight is 307 g/mol. The van der Waals surface area contributed by atoms with E-state index in [0.717, 1.165) is 11.1 Å². The third kappa shape index (κ3) is 5.62. The minimum atomic E-state index is -4.46. The van der Waals surface area contributed by atoms with Gasteiger partial charge in [-0.1, -0.05) is 0 Å². The predicted octanol–water partition coefficient (Wildman–Crippen LogP) is 1.14. The normalized spacial score (nSPS) is 12.6. The van der Waals surface area contributed by atoms with E-state index < -0.39 is 11.9 Å². The van der Waals surface area contributed by atoms with Crippen molar-refractivity contribution in [2.24, 2.45) is 12.0 Å². The fourth-order valence-corrected chi connectivity index (χ4v) is 1.73. The van der Waals surface area contributed by atoms with Gasteiger partial charge in [-0.3, -0.25) is 9.67 Å². The molecule has 0 radical (unpaired) electrons. The van der Waals surface area contributed by atoms with Crippen molar-refractivity contribution >= 4 is 5.96 Å². The number of methoxy groups -OCH3 is 1. The summed E-state index contributed by atoms with van der Waals surface area (Å²) in [6.45, 7) is 1.21. The molecule has 0 aromatic carbocycles. The highest BCUT2D eigenvalue weighted by molar-refractivity contribution is 5.79. The summed E-state index contributed by atoms with van der Waals surface area (Å²) in [5.41, 5.74) is -0.808. The van der Waals surface area contributed by atoms with Crippen LogP contribution in [-0.2, 0) is 24.5 Å². The molecule has 120 valence electrons. The van der Waals surface area contributed by atoms with Crippen molar-refractivity contribution in [3.05, 3.63) is 17.5 Å². The average Bonchev–Trinajstić information content (AvgIpc) is 2.79. The van der Waals surface area contributed by atoms with Crippen LogP contribution in [0.2, 0.25) is 0 Å². The van der Waals surface area contributed by atoms with Gasteiger partial charge in [-0.2, -0.15) is 18.3 Å². The molecule has 1 aromatic heterocycles. The van der Waals surface area contributed by atoms with E-state index in [-0.39, 0.29) is 12.1 Å². The Morgan fingerprint density at radius 3 is 2.71 bits per heavy atom. The molecular formula is C12H20F3N5O. The molecule has 0 aliphatic rings. The number of aromatic nitrogens is 2. The third-order valence-corrected chi connectivity index (χ3v) is 2.66. The molecule has 1 rings (SSSR count). The molecule has 0 amide bonds. The molecule has 0 spiro atoms. The zero-order chi connectivity index (χ0) is 15.9. The molecule has 0 aliphatic carbocycles. The van der Waals surface area contributed by atoms with E-state index >= 15 is 0 Å². The van der Waals surface area contributed by atoms with Gasteiger partial charge in [-0.15, -0.1) is 0 Å². The van der Waals surface area contributed by atoms with Gasteiger partial charge in [0.05, 0.1) is 0 Å². The SMILES string of the molecule is CN=C(NCCCOC)NCc1cn(C)nc1C(F)(F)F. The summed E-state index contributed by atoms with van der Waals surface area (Å²) in [6, 6.07) is 0. The summed E-state index contributed by atoms with van der Waals surface area (Å²) in [5.74, 6) is 0.433. The number of aliphatic imine (C=N–C) groups is 1. The number of guanidine groups is 1. The topological polar surface area (TPSA) is 63.5 Å². The summed E-state index contributed by atoms with van der Waals surface area (Å²) in [5, 5.41) is 9.27. The lowest BCUT2D eigenvalue weighted by molar-refractivity contribution is -0.142. The number of nitrogens with zero attached hydrogens (tertiary/aromatic N) is 3. The van der Waals surface area contributed by atoms with E-state index in [4.69, 9.17) is 4.74 Å². The lowest BCUT2D eigenvalue weighted by Gasteiger charge is -2.12. The molecule has 1 aromatic rings. The summed E-state index contributed by atoms with van der Waals surface area (Å²) in [7, 11) is 4.62. The van der Waals surface area contributed by atoms with Crippen LogP contribution in [0.4, 0.5) is 13.2 Å². The molecule has 0 saturated carbocycles. The van der Waals surface area contributed by atoms with Gasteiger partial charge in [-0.05, 0) is 6.42 Å². The van der Waals surface area contributed by atoms with E-state index in [1.165, 1.54) is 13.2 Å². The number of aryl methyl sites for hydroxylation is 1. The molecule has 0 aliphatic heterocycles. The lowest BCUT2D eigenvalue weighted by atomic mass is 10.2. The minimum absolute atomic E-state index is 0.00731. The maximum atomic E-state index is 12.8. The highest BCUT2D eigenvalue weighted by Crippen LogP contribution is 2.30. The second-order valence-corrected chi connectivity index (χ2v) is 4.37. The zero-order valence-corrected chi connectivity index (χ0v) is 12.3. The first-order valence-electron chi connectivity index (χ1n) is 6.41. The maximum absolute atomic E-state index is 12.8. The van der Waals surface area contributed by atoms with Crippen LogP contribution in [0, 0.1) is 0 Å². The van der Waals surface area contributed by atoms with Crippen LogP contribution in [0.1, 0.15) is 17.7 Å². The Kier molecular flexibility index (Phi) is 6.47. The smallest absolute Gasteiger partial charge is 0.385 e. The first-order valence-corrected chi connectivity index (χ1v) is 6.41.